The van der Waals surface area contributed by atoms with Crippen molar-refractivity contribution in [3.8, 4) is 5.75 Å². The zero-order chi connectivity index (χ0) is 16.3. The van der Waals surface area contributed by atoms with E-state index in [1.54, 1.807) is 27.0 Å². The van der Waals surface area contributed by atoms with E-state index >= 15 is 0 Å². The van der Waals surface area contributed by atoms with Crippen LogP contribution in [0, 0.1) is 0 Å². The second-order valence-electron chi connectivity index (χ2n) is 4.86. The number of nitrogens with one attached hydrogen (secondary N) is 2. The SMILES string of the molecule is COc1ccc2nc(NC(=O)[C@H](C)NC(=O)[C@H](C)N)sc2c1. The fourth-order valence-electron chi connectivity index (χ4n) is 1.71. The number of nitrogens with zero attached hydrogens (tertiary/aromatic N) is 1. The van der Waals surface area contributed by atoms with Crippen molar-refractivity contribution < 1.29 is 14.3 Å². The summed E-state index contributed by atoms with van der Waals surface area (Å²) < 4.78 is 6.05. The van der Waals surface area contributed by atoms with Gasteiger partial charge in [0.25, 0.3) is 0 Å². The molecule has 2 rings (SSSR count). The van der Waals surface area contributed by atoms with Crippen LogP contribution in [-0.2, 0) is 9.59 Å². The van der Waals surface area contributed by atoms with E-state index in [1.807, 2.05) is 12.1 Å². The number of anilines is 1. The molecule has 1 aromatic carbocycles. The van der Waals surface area contributed by atoms with E-state index in [-0.39, 0.29) is 11.8 Å². The Labute approximate surface area is 131 Å². The Morgan fingerprint density at radius 3 is 2.68 bits per heavy atom. The van der Waals surface area contributed by atoms with Gasteiger partial charge in [0, 0.05) is 0 Å². The van der Waals surface area contributed by atoms with Crippen LogP contribution in [0.1, 0.15) is 13.8 Å². The lowest BCUT2D eigenvalue weighted by molar-refractivity contribution is -0.126. The molecule has 2 aromatic rings. The van der Waals surface area contributed by atoms with Crippen molar-refractivity contribution >= 4 is 38.5 Å². The third kappa shape index (κ3) is 3.71. The van der Waals surface area contributed by atoms with E-state index in [0.717, 1.165) is 16.0 Å². The number of carbonyl (C=O) groups is 2. The molecule has 1 aromatic heterocycles. The Kier molecular flexibility index (Phi) is 4.94. The summed E-state index contributed by atoms with van der Waals surface area (Å²) >= 11 is 1.34. The van der Waals surface area contributed by atoms with Crippen molar-refractivity contribution in [3.05, 3.63) is 18.2 Å². The van der Waals surface area contributed by atoms with Crippen LogP contribution in [0.3, 0.4) is 0 Å². The number of fused-ring (bicyclic) bond motifs is 1. The van der Waals surface area contributed by atoms with Crippen LogP contribution in [-0.4, -0.2) is 36.0 Å². The number of hydrogen-bond donors (Lipinski definition) is 3. The number of benzene rings is 1. The van der Waals surface area contributed by atoms with Crippen LogP contribution in [0.2, 0.25) is 0 Å². The smallest absolute Gasteiger partial charge is 0.248 e. The molecule has 0 radical (unpaired) electrons. The van der Waals surface area contributed by atoms with Gasteiger partial charge in [0.2, 0.25) is 11.8 Å². The molecule has 118 valence electrons. The van der Waals surface area contributed by atoms with Gasteiger partial charge < -0.3 is 21.1 Å². The van der Waals surface area contributed by atoms with E-state index in [4.69, 9.17) is 10.5 Å². The van der Waals surface area contributed by atoms with E-state index in [0.29, 0.717) is 5.13 Å². The predicted octanol–water partition coefficient (Wildman–Crippen LogP) is 1.10. The molecule has 0 unspecified atom stereocenters. The summed E-state index contributed by atoms with van der Waals surface area (Å²) in [6.07, 6.45) is 0. The highest BCUT2D eigenvalue weighted by Crippen LogP contribution is 2.29. The second kappa shape index (κ2) is 6.71. The molecule has 2 atom stereocenters. The average Bonchev–Trinajstić information content (AvgIpc) is 2.87. The molecular weight excluding hydrogens is 304 g/mol. The number of carbonyl (C=O) groups excluding carboxylic acids is 2. The van der Waals surface area contributed by atoms with Crippen LogP contribution < -0.4 is 21.1 Å². The molecule has 1 heterocycles. The molecular formula is C14H18N4O3S. The maximum atomic E-state index is 12.0. The van der Waals surface area contributed by atoms with Gasteiger partial charge in [-0.05, 0) is 32.0 Å². The summed E-state index contributed by atoms with van der Waals surface area (Å²) in [6.45, 7) is 3.15. The van der Waals surface area contributed by atoms with Gasteiger partial charge in [-0.15, -0.1) is 0 Å². The van der Waals surface area contributed by atoms with Gasteiger partial charge in [-0.2, -0.15) is 0 Å². The molecule has 0 saturated carbocycles. The minimum absolute atomic E-state index is 0.347. The first-order valence-electron chi connectivity index (χ1n) is 6.72. The van der Waals surface area contributed by atoms with Crippen molar-refractivity contribution in [2.75, 3.05) is 12.4 Å². The number of thiazole rings is 1. The van der Waals surface area contributed by atoms with Crippen LogP contribution in [0.5, 0.6) is 5.75 Å². The summed E-state index contributed by atoms with van der Waals surface area (Å²) in [5, 5.41) is 5.68. The zero-order valence-corrected chi connectivity index (χ0v) is 13.4. The Balaban J connectivity index is 2.06. The minimum Gasteiger partial charge on any atom is -0.497 e. The van der Waals surface area contributed by atoms with Crippen molar-refractivity contribution in [2.24, 2.45) is 5.73 Å². The molecule has 2 amide bonds. The Hall–Kier alpha value is -2.19. The van der Waals surface area contributed by atoms with Crippen LogP contribution in [0.25, 0.3) is 10.2 Å². The molecule has 0 fully saturated rings. The lowest BCUT2D eigenvalue weighted by atomic mass is 10.2. The summed E-state index contributed by atoms with van der Waals surface area (Å²) in [5.41, 5.74) is 6.22. The second-order valence-corrected chi connectivity index (χ2v) is 5.89. The van der Waals surface area contributed by atoms with Crippen molar-refractivity contribution in [1.29, 1.82) is 0 Å². The van der Waals surface area contributed by atoms with E-state index < -0.39 is 12.1 Å². The van der Waals surface area contributed by atoms with Gasteiger partial charge in [-0.3, -0.25) is 9.59 Å². The fourth-order valence-corrected chi connectivity index (χ4v) is 2.61. The van der Waals surface area contributed by atoms with Gasteiger partial charge >= 0.3 is 0 Å². The summed E-state index contributed by atoms with van der Waals surface area (Å²) in [6, 6.07) is 4.12. The van der Waals surface area contributed by atoms with Crippen molar-refractivity contribution in [3.63, 3.8) is 0 Å². The largest absolute Gasteiger partial charge is 0.497 e. The molecule has 0 spiro atoms. The summed E-state index contributed by atoms with van der Waals surface area (Å²) in [4.78, 5) is 27.8. The third-order valence-corrected chi connectivity index (χ3v) is 3.92. The lowest BCUT2D eigenvalue weighted by Crippen LogP contribution is -2.47. The molecule has 0 bridgehead atoms. The normalized spacial score (nSPS) is 13.5. The maximum Gasteiger partial charge on any atom is 0.248 e. The highest BCUT2D eigenvalue weighted by molar-refractivity contribution is 7.22. The molecule has 0 aliphatic carbocycles. The Morgan fingerprint density at radius 2 is 2.05 bits per heavy atom. The Morgan fingerprint density at radius 1 is 1.32 bits per heavy atom. The van der Waals surface area contributed by atoms with Gasteiger partial charge in [0.05, 0.1) is 23.4 Å². The first-order valence-corrected chi connectivity index (χ1v) is 7.53. The van der Waals surface area contributed by atoms with Gasteiger partial charge in [0.1, 0.15) is 11.8 Å². The minimum atomic E-state index is -0.694. The van der Waals surface area contributed by atoms with E-state index in [2.05, 4.69) is 15.6 Å². The molecule has 0 aliphatic rings. The lowest BCUT2D eigenvalue weighted by Gasteiger charge is -2.14. The average molecular weight is 322 g/mol. The molecule has 22 heavy (non-hydrogen) atoms. The molecule has 0 saturated heterocycles. The molecule has 7 nitrogen and oxygen atoms in total. The van der Waals surface area contributed by atoms with Crippen molar-refractivity contribution in [2.45, 2.75) is 25.9 Å². The highest BCUT2D eigenvalue weighted by Gasteiger charge is 2.18. The summed E-state index contributed by atoms with van der Waals surface area (Å²) in [5.74, 6) is 0.00305. The number of nitrogens with two attached hydrogens (primary N) is 1. The number of rotatable bonds is 5. The quantitative estimate of drug-likeness (QED) is 0.764. The number of ether oxygens (including phenoxy) is 1. The number of methoxy groups -OCH3 is 1. The first kappa shape index (κ1) is 16.2. The zero-order valence-electron chi connectivity index (χ0n) is 12.5. The topological polar surface area (TPSA) is 106 Å². The standard InChI is InChI=1S/C14H18N4O3S/c1-7(15)12(19)16-8(2)13(20)18-14-17-10-5-4-9(21-3)6-11(10)22-14/h4-8H,15H2,1-3H3,(H,16,19)(H,17,18,20)/t7-,8-/m0/s1. The fraction of sp³-hybridized carbons (Fsp3) is 0.357. The number of hydrogen-bond acceptors (Lipinski definition) is 6. The van der Waals surface area contributed by atoms with E-state index in [9.17, 15) is 9.59 Å². The third-order valence-electron chi connectivity index (χ3n) is 2.99. The highest BCUT2D eigenvalue weighted by atomic mass is 32.1. The number of aromatic nitrogens is 1. The van der Waals surface area contributed by atoms with Crippen LogP contribution in [0.15, 0.2) is 18.2 Å². The van der Waals surface area contributed by atoms with E-state index in [1.165, 1.54) is 11.3 Å². The van der Waals surface area contributed by atoms with Gasteiger partial charge in [-0.25, -0.2) is 4.98 Å². The van der Waals surface area contributed by atoms with Gasteiger partial charge in [-0.1, -0.05) is 11.3 Å². The molecule has 8 heteroatoms. The van der Waals surface area contributed by atoms with Gasteiger partial charge in [0.15, 0.2) is 5.13 Å². The summed E-state index contributed by atoms with van der Waals surface area (Å²) in [7, 11) is 1.59. The molecule has 0 aliphatic heterocycles. The van der Waals surface area contributed by atoms with Crippen LogP contribution in [0.4, 0.5) is 5.13 Å². The maximum absolute atomic E-state index is 12.0. The van der Waals surface area contributed by atoms with Crippen LogP contribution >= 0.6 is 11.3 Å². The van der Waals surface area contributed by atoms with Crippen molar-refractivity contribution in [1.82, 2.24) is 10.3 Å². The molecule has 4 N–H and O–H groups in total. The number of amides is 2. The Bertz CT molecular complexity index is 698. The predicted molar refractivity (Wildman–Crippen MR) is 86.1 cm³/mol. The monoisotopic (exact) mass is 322 g/mol. The first-order chi connectivity index (χ1) is 10.4.